The lowest BCUT2D eigenvalue weighted by molar-refractivity contribution is -0.113. The first kappa shape index (κ1) is 18.9. The van der Waals surface area contributed by atoms with Gasteiger partial charge in [-0.3, -0.25) is 14.7 Å². The zero-order valence-corrected chi connectivity index (χ0v) is 18.2. The molecule has 1 amide bonds. The predicted molar refractivity (Wildman–Crippen MR) is 122 cm³/mol. The first-order chi connectivity index (χ1) is 13.0. The summed E-state index contributed by atoms with van der Waals surface area (Å²) >= 11 is 22.7. The van der Waals surface area contributed by atoms with Crippen LogP contribution in [0.4, 0.5) is 5.69 Å². The Morgan fingerprint density at radius 1 is 1.11 bits per heavy atom. The van der Waals surface area contributed by atoms with Crippen LogP contribution < -0.4 is 4.90 Å². The molecule has 3 aromatic rings. The number of hydrogen-bond donors (Lipinski definition) is 0. The number of thioether (sulfide) groups is 1. The number of fused-ring (bicyclic) bond motifs is 1. The van der Waals surface area contributed by atoms with Crippen molar-refractivity contribution >= 4 is 96.0 Å². The number of amides is 1. The van der Waals surface area contributed by atoms with E-state index in [-0.39, 0.29) is 5.91 Å². The molecule has 0 unspecified atom stereocenters. The third kappa shape index (κ3) is 3.41. The Bertz CT molecular complexity index is 1130. The topological polar surface area (TPSA) is 33.2 Å². The van der Waals surface area contributed by atoms with Crippen LogP contribution in [0.25, 0.3) is 17.0 Å². The van der Waals surface area contributed by atoms with Gasteiger partial charge in [-0.05, 0) is 36.4 Å². The van der Waals surface area contributed by atoms with E-state index in [1.54, 1.807) is 30.5 Å². The van der Waals surface area contributed by atoms with Gasteiger partial charge in [-0.1, -0.05) is 75.2 Å². The molecule has 1 saturated heterocycles. The van der Waals surface area contributed by atoms with Gasteiger partial charge in [0.15, 0.2) is 4.32 Å². The molecule has 2 heterocycles. The molecule has 1 aliphatic rings. The number of carbonyl (C=O) groups is 1. The van der Waals surface area contributed by atoms with Gasteiger partial charge in [0.05, 0.1) is 16.1 Å². The van der Waals surface area contributed by atoms with E-state index >= 15 is 0 Å². The fourth-order valence-corrected chi connectivity index (χ4v) is 4.98. The number of hydrogen-bond acceptors (Lipinski definition) is 4. The van der Waals surface area contributed by atoms with Crippen molar-refractivity contribution in [2.45, 2.75) is 0 Å². The number of aromatic nitrogens is 1. The molecule has 4 rings (SSSR count). The average molecular weight is 496 g/mol. The highest BCUT2D eigenvalue weighted by molar-refractivity contribution is 9.10. The third-order valence-electron chi connectivity index (χ3n) is 4.00. The number of halogens is 3. The standard InChI is InChI=1S/C19H9BrCl2N2OS2/c20-12-6-7-15(17-10(12)3-2-8-23-17)24-18(25)16(27-19(24)26)9-11-13(21)4-1-5-14(11)22/h1-9H/b16-9-. The molecule has 0 spiro atoms. The zero-order chi connectivity index (χ0) is 19.1. The van der Waals surface area contributed by atoms with Gasteiger partial charge < -0.3 is 0 Å². The second-order valence-electron chi connectivity index (χ2n) is 5.62. The maximum absolute atomic E-state index is 13.1. The van der Waals surface area contributed by atoms with Gasteiger partial charge in [0.25, 0.3) is 5.91 Å². The van der Waals surface area contributed by atoms with Gasteiger partial charge in [0, 0.05) is 31.7 Å². The predicted octanol–water partition coefficient (Wildman–Crippen LogP) is 6.71. The fourth-order valence-electron chi connectivity index (χ4n) is 2.76. The Balaban J connectivity index is 1.81. The Hall–Kier alpha value is -1.44. The normalized spacial score (nSPS) is 16.0. The van der Waals surface area contributed by atoms with Crippen LogP contribution >= 0.6 is 63.1 Å². The number of pyridine rings is 1. The van der Waals surface area contributed by atoms with Crippen LogP contribution in [0.3, 0.4) is 0 Å². The third-order valence-corrected chi connectivity index (χ3v) is 6.66. The lowest BCUT2D eigenvalue weighted by Crippen LogP contribution is -2.27. The molecule has 0 radical (unpaired) electrons. The average Bonchev–Trinajstić information content (AvgIpc) is 2.93. The van der Waals surface area contributed by atoms with Gasteiger partial charge in [-0.2, -0.15) is 0 Å². The lowest BCUT2D eigenvalue weighted by atomic mass is 10.1. The van der Waals surface area contributed by atoms with Crippen molar-refractivity contribution in [3.63, 3.8) is 0 Å². The summed E-state index contributed by atoms with van der Waals surface area (Å²) in [6.07, 6.45) is 3.37. The van der Waals surface area contributed by atoms with Crippen LogP contribution in [0.15, 0.2) is 58.0 Å². The van der Waals surface area contributed by atoms with E-state index in [4.69, 9.17) is 35.4 Å². The van der Waals surface area contributed by atoms with Crippen molar-refractivity contribution in [1.29, 1.82) is 0 Å². The van der Waals surface area contributed by atoms with Crippen molar-refractivity contribution < 1.29 is 4.79 Å². The molecule has 1 aliphatic heterocycles. The molecule has 0 bridgehead atoms. The van der Waals surface area contributed by atoms with Gasteiger partial charge in [0.1, 0.15) is 0 Å². The molecular weight excluding hydrogens is 487 g/mol. The molecule has 0 N–H and O–H groups in total. The van der Waals surface area contributed by atoms with Crippen molar-refractivity contribution in [2.24, 2.45) is 0 Å². The quantitative estimate of drug-likeness (QED) is 0.292. The van der Waals surface area contributed by atoms with Gasteiger partial charge in [-0.25, -0.2) is 0 Å². The van der Waals surface area contributed by atoms with E-state index in [2.05, 4.69) is 20.9 Å². The van der Waals surface area contributed by atoms with E-state index in [1.807, 2.05) is 24.3 Å². The molecule has 2 aromatic carbocycles. The van der Waals surface area contributed by atoms with Crippen molar-refractivity contribution in [2.75, 3.05) is 4.90 Å². The maximum atomic E-state index is 13.1. The van der Waals surface area contributed by atoms with Crippen molar-refractivity contribution in [1.82, 2.24) is 4.98 Å². The Labute approximate surface area is 183 Å². The number of thiocarbonyl (C=S) groups is 1. The molecule has 134 valence electrons. The summed E-state index contributed by atoms with van der Waals surface area (Å²) in [5.74, 6) is -0.227. The summed E-state index contributed by atoms with van der Waals surface area (Å²) in [7, 11) is 0. The first-order valence-corrected chi connectivity index (χ1v) is 10.5. The fraction of sp³-hybridized carbons (Fsp3) is 0. The Morgan fingerprint density at radius 2 is 1.85 bits per heavy atom. The van der Waals surface area contributed by atoms with Crippen LogP contribution in [0.1, 0.15) is 5.56 Å². The number of anilines is 1. The minimum Gasteiger partial charge on any atom is -0.268 e. The summed E-state index contributed by atoms with van der Waals surface area (Å²) in [6.45, 7) is 0. The molecule has 1 fully saturated rings. The maximum Gasteiger partial charge on any atom is 0.270 e. The summed E-state index contributed by atoms with van der Waals surface area (Å²) in [5.41, 5.74) is 1.94. The molecular formula is C19H9BrCl2N2OS2. The van der Waals surface area contributed by atoms with Crippen LogP contribution in [0.5, 0.6) is 0 Å². The molecule has 8 heteroatoms. The molecule has 1 aromatic heterocycles. The summed E-state index contributed by atoms with van der Waals surface area (Å²) in [6, 6.07) is 12.7. The highest BCUT2D eigenvalue weighted by Crippen LogP contribution is 2.40. The van der Waals surface area contributed by atoms with Gasteiger partial charge in [0.2, 0.25) is 0 Å². The highest BCUT2D eigenvalue weighted by atomic mass is 79.9. The summed E-state index contributed by atoms with van der Waals surface area (Å²) in [4.78, 5) is 19.5. The van der Waals surface area contributed by atoms with Crippen LogP contribution in [-0.2, 0) is 4.79 Å². The number of carbonyl (C=O) groups excluding carboxylic acids is 1. The SMILES string of the molecule is O=C1/C(=C/c2c(Cl)cccc2Cl)SC(=S)N1c1ccc(Br)c2cccnc12. The minimum atomic E-state index is -0.227. The largest absolute Gasteiger partial charge is 0.270 e. The van der Waals surface area contributed by atoms with Crippen molar-refractivity contribution in [3.8, 4) is 0 Å². The summed E-state index contributed by atoms with van der Waals surface area (Å²) < 4.78 is 1.34. The van der Waals surface area contributed by atoms with E-state index in [0.717, 1.165) is 9.86 Å². The Morgan fingerprint density at radius 3 is 2.59 bits per heavy atom. The molecule has 0 atom stereocenters. The molecule has 0 aliphatic carbocycles. The molecule has 27 heavy (non-hydrogen) atoms. The van der Waals surface area contributed by atoms with E-state index in [0.29, 0.717) is 36.0 Å². The lowest BCUT2D eigenvalue weighted by Gasteiger charge is -2.17. The number of benzene rings is 2. The minimum absolute atomic E-state index is 0.227. The Kier molecular flexibility index (Phi) is 5.27. The van der Waals surface area contributed by atoms with Crippen LogP contribution in [0, 0.1) is 0 Å². The first-order valence-electron chi connectivity index (χ1n) is 7.72. The van der Waals surface area contributed by atoms with Crippen molar-refractivity contribution in [3.05, 3.63) is 73.6 Å². The second kappa shape index (κ2) is 7.53. The van der Waals surface area contributed by atoms with E-state index < -0.39 is 0 Å². The van der Waals surface area contributed by atoms with Crippen LogP contribution in [-0.4, -0.2) is 15.2 Å². The second-order valence-corrected chi connectivity index (χ2v) is 8.96. The number of rotatable bonds is 2. The number of nitrogens with zero attached hydrogens (tertiary/aromatic N) is 2. The monoisotopic (exact) mass is 494 g/mol. The molecule has 3 nitrogen and oxygen atoms in total. The highest BCUT2D eigenvalue weighted by Gasteiger charge is 2.35. The van der Waals surface area contributed by atoms with E-state index in [1.165, 1.54) is 16.7 Å². The smallest absolute Gasteiger partial charge is 0.268 e. The molecule has 0 saturated carbocycles. The summed E-state index contributed by atoms with van der Waals surface area (Å²) in [5, 5.41) is 1.86. The van der Waals surface area contributed by atoms with E-state index in [9.17, 15) is 4.79 Å². The van der Waals surface area contributed by atoms with Crippen LogP contribution in [0.2, 0.25) is 10.0 Å². The zero-order valence-electron chi connectivity index (χ0n) is 13.4. The van der Waals surface area contributed by atoms with Gasteiger partial charge >= 0.3 is 0 Å². The van der Waals surface area contributed by atoms with Gasteiger partial charge in [-0.15, -0.1) is 0 Å².